The fraction of sp³-hybridized carbons (Fsp3) is 0.241. The number of benzene rings is 1. The summed E-state index contributed by atoms with van der Waals surface area (Å²) in [5.74, 6) is 0.350. The number of hydrogen-bond acceptors (Lipinski definition) is 8. The summed E-state index contributed by atoms with van der Waals surface area (Å²) in [4.78, 5) is 47.5. The summed E-state index contributed by atoms with van der Waals surface area (Å²) in [5.41, 5.74) is 2.09. The number of ether oxygens (including phenoxy) is 1. The fourth-order valence-electron chi connectivity index (χ4n) is 4.24. The highest BCUT2D eigenvalue weighted by atomic mass is 35.5. The van der Waals surface area contributed by atoms with Crippen molar-refractivity contribution in [1.29, 1.82) is 5.26 Å². The van der Waals surface area contributed by atoms with Gasteiger partial charge in [-0.15, -0.1) is 0 Å². The summed E-state index contributed by atoms with van der Waals surface area (Å²) < 4.78 is 12.2. The molecule has 1 aromatic carbocycles. The minimum atomic E-state index is -0.948. The molecule has 9 nitrogen and oxygen atoms in total. The van der Waals surface area contributed by atoms with E-state index in [0.29, 0.717) is 51.0 Å². The van der Waals surface area contributed by atoms with E-state index in [4.69, 9.17) is 20.8 Å². The Morgan fingerprint density at radius 2 is 2.00 bits per heavy atom. The number of Topliss-reactive ketones (excluding diaryl/α,β-unsaturated/α-hetero) is 2. The summed E-state index contributed by atoms with van der Waals surface area (Å²) in [5, 5.41) is 9.98. The van der Waals surface area contributed by atoms with E-state index in [0.717, 1.165) is 0 Å². The molecule has 0 fully saturated rings. The highest BCUT2D eigenvalue weighted by molar-refractivity contribution is 6.31. The quantitative estimate of drug-likeness (QED) is 0.257. The minimum Gasteiger partial charge on any atom is -0.495 e. The van der Waals surface area contributed by atoms with E-state index in [9.17, 15) is 19.6 Å². The van der Waals surface area contributed by atoms with Crippen LogP contribution in [0.5, 0.6) is 5.75 Å². The summed E-state index contributed by atoms with van der Waals surface area (Å²) in [6.45, 7) is 3.44. The first-order valence-corrected chi connectivity index (χ1v) is 12.5. The van der Waals surface area contributed by atoms with Gasteiger partial charge < -0.3 is 13.7 Å². The number of nitriles is 1. The zero-order valence-corrected chi connectivity index (χ0v) is 22.4. The molecule has 0 saturated carbocycles. The van der Waals surface area contributed by atoms with E-state index in [2.05, 4.69) is 16.0 Å². The molecule has 0 spiro atoms. The van der Waals surface area contributed by atoms with Crippen LogP contribution in [0.4, 0.5) is 0 Å². The average molecular weight is 545 g/mol. The van der Waals surface area contributed by atoms with Crippen molar-refractivity contribution in [1.82, 2.24) is 14.5 Å². The van der Waals surface area contributed by atoms with Crippen LogP contribution in [0.2, 0.25) is 5.02 Å². The lowest BCUT2D eigenvalue weighted by atomic mass is 9.98. The molecule has 0 aliphatic heterocycles. The zero-order chi connectivity index (χ0) is 28.1. The molecule has 4 aromatic rings. The Bertz CT molecular complexity index is 1630. The van der Waals surface area contributed by atoms with Crippen molar-refractivity contribution in [2.24, 2.45) is 0 Å². The number of carbonyl (C=O) groups excluding carboxylic acids is 2. The molecular formula is C29H25ClN4O5. The third-order valence-corrected chi connectivity index (χ3v) is 6.48. The molecule has 1 unspecified atom stereocenters. The summed E-state index contributed by atoms with van der Waals surface area (Å²) >= 11 is 6.17. The number of aryl methyl sites for hydroxylation is 1. The molecule has 3 heterocycles. The molecule has 0 N–H and O–H groups in total. The maximum absolute atomic E-state index is 13.6. The smallest absolute Gasteiger partial charge is 0.252 e. The van der Waals surface area contributed by atoms with Crippen LogP contribution in [-0.4, -0.2) is 33.2 Å². The van der Waals surface area contributed by atoms with Crippen molar-refractivity contribution in [2.45, 2.75) is 39.2 Å². The Morgan fingerprint density at radius 1 is 1.21 bits per heavy atom. The predicted octanol–water partition coefficient (Wildman–Crippen LogP) is 4.93. The summed E-state index contributed by atoms with van der Waals surface area (Å²) in [6.07, 6.45) is 4.79. The molecule has 0 aliphatic rings. The van der Waals surface area contributed by atoms with Gasteiger partial charge in [-0.3, -0.25) is 19.4 Å². The minimum absolute atomic E-state index is 0.0293. The Labute approximate surface area is 229 Å². The summed E-state index contributed by atoms with van der Waals surface area (Å²) in [7, 11) is 1.44. The lowest BCUT2D eigenvalue weighted by Crippen LogP contribution is -2.32. The van der Waals surface area contributed by atoms with Gasteiger partial charge in [-0.05, 0) is 29.8 Å². The Kier molecular flexibility index (Phi) is 8.37. The predicted molar refractivity (Wildman–Crippen MR) is 144 cm³/mol. The van der Waals surface area contributed by atoms with E-state index in [1.54, 1.807) is 44.2 Å². The first-order chi connectivity index (χ1) is 18.7. The van der Waals surface area contributed by atoms with Gasteiger partial charge >= 0.3 is 0 Å². The van der Waals surface area contributed by atoms with E-state index in [-0.39, 0.29) is 30.2 Å². The van der Waals surface area contributed by atoms with E-state index < -0.39 is 11.6 Å². The number of pyridine rings is 2. The zero-order valence-electron chi connectivity index (χ0n) is 21.6. The van der Waals surface area contributed by atoms with Crippen molar-refractivity contribution in [3.05, 3.63) is 98.8 Å². The lowest BCUT2D eigenvalue weighted by molar-refractivity contribution is -0.121. The number of rotatable bonds is 10. The molecule has 0 amide bonds. The summed E-state index contributed by atoms with van der Waals surface area (Å²) in [6, 6.07) is 10.5. The van der Waals surface area contributed by atoms with Crippen molar-refractivity contribution < 1.29 is 18.7 Å². The Hall–Kier alpha value is -4.55. The first kappa shape index (κ1) is 27.5. The molecule has 39 heavy (non-hydrogen) atoms. The molecule has 4 rings (SSSR count). The van der Waals surface area contributed by atoms with Crippen LogP contribution >= 0.6 is 11.6 Å². The number of carbonyl (C=O) groups is 2. The number of halogens is 1. The first-order valence-electron chi connectivity index (χ1n) is 12.2. The highest BCUT2D eigenvalue weighted by Crippen LogP contribution is 2.33. The molecule has 3 aromatic heterocycles. The maximum Gasteiger partial charge on any atom is 0.252 e. The Balaban J connectivity index is 1.76. The van der Waals surface area contributed by atoms with Gasteiger partial charge in [-0.1, -0.05) is 24.6 Å². The number of methoxy groups -OCH3 is 1. The molecule has 198 valence electrons. The van der Waals surface area contributed by atoms with Crippen LogP contribution in [0.25, 0.3) is 11.1 Å². The van der Waals surface area contributed by atoms with Gasteiger partial charge in [-0.2, -0.15) is 5.26 Å². The third kappa shape index (κ3) is 6.13. The van der Waals surface area contributed by atoms with Crippen LogP contribution in [0, 0.1) is 18.3 Å². The average Bonchev–Trinajstić information content (AvgIpc) is 3.36. The highest BCUT2D eigenvalue weighted by Gasteiger charge is 2.26. The van der Waals surface area contributed by atoms with Gasteiger partial charge in [0.2, 0.25) is 0 Å². The SMILES string of the molecule is CCC(=O)c1ccc(CC(=O)C(Cc2coc(C)n2)n2cc(OC)c(-c3cc(Cl)ccc3C#N)cc2=O)cn1. The van der Waals surface area contributed by atoms with Crippen molar-refractivity contribution in [3.63, 3.8) is 0 Å². The molecule has 0 bridgehead atoms. The Morgan fingerprint density at radius 3 is 2.62 bits per heavy atom. The van der Waals surface area contributed by atoms with Gasteiger partial charge in [0.15, 0.2) is 17.5 Å². The molecule has 0 radical (unpaired) electrons. The second-order valence-electron chi connectivity index (χ2n) is 8.85. The largest absolute Gasteiger partial charge is 0.495 e. The van der Waals surface area contributed by atoms with Gasteiger partial charge in [0.1, 0.15) is 23.7 Å². The van der Waals surface area contributed by atoms with E-state index in [1.165, 1.54) is 36.4 Å². The monoisotopic (exact) mass is 544 g/mol. The standard InChI is InChI=1S/C29H25ClN4O5/c1-4-26(35)24-8-5-18(14-32-24)9-27(36)25(11-21-16-39-17(2)33-21)34-15-28(38-3)23(12-29(34)37)22-10-20(30)7-6-19(22)13-31/h5-8,10,12,14-16,25H,4,9,11H2,1-3H3. The second kappa shape index (κ2) is 11.9. The van der Waals surface area contributed by atoms with Crippen LogP contribution in [0.3, 0.4) is 0 Å². The van der Waals surface area contributed by atoms with Gasteiger partial charge in [0.05, 0.1) is 30.6 Å². The molecule has 0 aliphatic carbocycles. The van der Waals surface area contributed by atoms with Crippen LogP contribution in [0.1, 0.15) is 52.6 Å². The molecule has 0 saturated heterocycles. The van der Waals surface area contributed by atoms with E-state index >= 15 is 0 Å². The number of oxazole rings is 1. The number of aromatic nitrogens is 3. The van der Waals surface area contributed by atoms with Crippen molar-refractivity contribution in [2.75, 3.05) is 7.11 Å². The second-order valence-corrected chi connectivity index (χ2v) is 9.29. The van der Waals surface area contributed by atoms with Crippen LogP contribution in [-0.2, 0) is 17.6 Å². The van der Waals surface area contributed by atoms with Crippen LogP contribution in [0.15, 0.2) is 64.3 Å². The lowest BCUT2D eigenvalue weighted by Gasteiger charge is -2.20. The molecule has 1 atom stereocenters. The van der Waals surface area contributed by atoms with E-state index in [1.807, 2.05) is 0 Å². The molecular weight excluding hydrogens is 520 g/mol. The normalized spacial score (nSPS) is 11.6. The number of nitrogens with zero attached hydrogens (tertiary/aromatic N) is 4. The molecule has 10 heteroatoms. The maximum atomic E-state index is 13.6. The fourth-order valence-corrected chi connectivity index (χ4v) is 4.42. The topological polar surface area (TPSA) is 128 Å². The number of hydrogen-bond donors (Lipinski definition) is 0. The number of ketones is 2. The van der Waals surface area contributed by atoms with Crippen molar-refractivity contribution >= 4 is 23.2 Å². The van der Waals surface area contributed by atoms with Crippen molar-refractivity contribution in [3.8, 4) is 22.9 Å². The van der Waals surface area contributed by atoms with Gasteiger partial charge in [-0.25, -0.2) is 4.98 Å². The van der Waals surface area contributed by atoms with Crippen LogP contribution < -0.4 is 10.3 Å². The third-order valence-electron chi connectivity index (χ3n) is 6.24. The van der Waals surface area contributed by atoms with Gasteiger partial charge in [0, 0.05) is 54.6 Å². The van der Waals surface area contributed by atoms with Gasteiger partial charge in [0.25, 0.3) is 5.56 Å².